The lowest BCUT2D eigenvalue weighted by molar-refractivity contribution is -0.138. The molecule has 1 spiro atoms. The zero-order valence-electron chi connectivity index (χ0n) is 14.5. The number of carbonyl (C=O) groups is 1. The summed E-state index contributed by atoms with van der Waals surface area (Å²) >= 11 is 0. The lowest BCUT2D eigenvalue weighted by Crippen LogP contribution is -2.49. The smallest absolute Gasteiger partial charge is 0.226 e. The van der Waals surface area contributed by atoms with E-state index in [4.69, 9.17) is 0 Å². The van der Waals surface area contributed by atoms with E-state index in [1.54, 1.807) is 0 Å². The molecule has 1 saturated carbocycles. The predicted octanol–water partition coefficient (Wildman–Crippen LogP) is 2.76. The van der Waals surface area contributed by atoms with Crippen LogP contribution >= 0.6 is 0 Å². The van der Waals surface area contributed by atoms with Gasteiger partial charge in [0.25, 0.3) is 0 Å². The number of hydrogen-bond donors (Lipinski definition) is 1. The Hall–Kier alpha value is -2.17. The number of aryl methyl sites for hydroxylation is 1. The summed E-state index contributed by atoms with van der Waals surface area (Å²) < 4.78 is 0. The summed E-state index contributed by atoms with van der Waals surface area (Å²) in [5, 5.41) is 11.1. The summed E-state index contributed by atoms with van der Waals surface area (Å²) in [4.78, 5) is 15.4. The maximum absolute atomic E-state index is 13.3. The highest BCUT2D eigenvalue weighted by Gasteiger charge is 2.44. The Morgan fingerprint density at radius 3 is 2.84 bits per heavy atom. The molecule has 2 heterocycles. The van der Waals surface area contributed by atoms with Crippen molar-refractivity contribution in [2.24, 2.45) is 5.92 Å². The molecule has 5 heteroatoms. The quantitative estimate of drug-likeness (QED) is 0.871. The molecule has 1 amide bonds. The van der Waals surface area contributed by atoms with E-state index in [0.717, 1.165) is 43.7 Å². The third kappa shape index (κ3) is 2.40. The van der Waals surface area contributed by atoms with Gasteiger partial charge in [-0.3, -0.25) is 4.79 Å². The van der Waals surface area contributed by atoms with Gasteiger partial charge in [0.1, 0.15) is 0 Å². The number of nitrogens with one attached hydrogen (secondary N) is 1. The van der Waals surface area contributed by atoms with E-state index < -0.39 is 0 Å². The average molecular weight is 336 g/mol. The normalized spacial score (nSPS) is 24.2. The second-order valence-corrected chi connectivity index (χ2v) is 8.00. The fourth-order valence-electron chi connectivity index (χ4n) is 5.28. The molecule has 1 aliphatic heterocycles. The largest absolute Gasteiger partial charge is 0.337 e. The van der Waals surface area contributed by atoms with Crippen LogP contribution in [-0.2, 0) is 29.6 Å². The van der Waals surface area contributed by atoms with Gasteiger partial charge in [-0.25, -0.2) is 0 Å². The van der Waals surface area contributed by atoms with Crippen LogP contribution < -0.4 is 0 Å². The third-order valence-electron chi connectivity index (χ3n) is 6.54. The monoisotopic (exact) mass is 336 g/mol. The van der Waals surface area contributed by atoms with Crippen molar-refractivity contribution in [2.75, 3.05) is 6.54 Å². The van der Waals surface area contributed by atoms with Crippen LogP contribution in [0.25, 0.3) is 0 Å². The van der Waals surface area contributed by atoms with Crippen LogP contribution in [0.4, 0.5) is 0 Å². The Balaban J connectivity index is 1.42. The Kier molecular flexibility index (Phi) is 3.43. The van der Waals surface area contributed by atoms with Gasteiger partial charge in [-0.15, -0.1) is 0 Å². The predicted molar refractivity (Wildman–Crippen MR) is 93.9 cm³/mol. The molecule has 130 valence electrons. The van der Waals surface area contributed by atoms with Crippen molar-refractivity contribution in [3.05, 3.63) is 46.8 Å². The van der Waals surface area contributed by atoms with Gasteiger partial charge in [-0.1, -0.05) is 37.1 Å². The lowest BCUT2D eigenvalue weighted by atomic mass is 9.73. The summed E-state index contributed by atoms with van der Waals surface area (Å²) in [5.74, 6) is 0.371. The van der Waals surface area contributed by atoms with Crippen molar-refractivity contribution in [1.82, 2.24) is 20.3 Å². The Morgan fingerprint density at radius 1 is 1.16 bits per heavy atom. The maximum atomic E-state index is 13.3. The number of hydrogen-bond acceptors (Lipinski definition) is 3. The van der Waals surface area contributed by atoms with Crippen molar-refractivity contribution in [3.63, 3.8) is 0 Å². The molecule has 5 rings (SSSR count). The molecule has 0 saturated heterocycles. The second kappa shape index (κ2) is 5.68. The van der Waals surface area contributed by atoms with Gasteiger partial charge < -0.3 is 4.90 Å². The first-order chi connectivity index (χ1) is 12.3. The van der Waals surface area contributed by atoms with Crippen LogP contribution in [0.3, 0.4) is 0 Å². The summed E-state index contributed by atoms with van der Waals surface area (Å²) in [6.45, 7) is 1.66. The molecule has 25 heavy (non-hydrogen) atoms. The highest BCUT2D eigenvalue weighted by Crippen LogP contribution is 2.46. The van der Waals surface area contributed by atoms with E-state index in [2.05, 4.69) is 44.6 Å². The van der Waals surface area contributed by atoms with Gasteiger partial charge >= 0.3 is 0 Å². The molecule has 1 N–H and O–H groups in total. The Labute approximate surface area is 147 Å². The average Bonchev–Trinajstić information content (AvgIpc) is 3.30. The third-order valence-corrected chi connectivity index (χ3v) is 6.54. The highest BCUT2D eigenvalue weighted by molar-refractivity contribution is 5.80. The first-order valence-corrected chi connectivity index (χ1v) is 9.51. The van der Waals surface area contributed by atoms with Crippen LogP contribution in [-0.4, -0.2) is 32.8 Å². The first kappa shape index (κ1) is 15.1. The minimum absolute atomic E-state index is 0.0568. The zero-order valence-corrected chi connectivity index (χ0v) is 14.5. The van der Waals surface area contributed by atoms with Crippen molar-refractivity contribution >= 4 is 5.91 Å². The number of amides is 1. The van der Waals surface area contributed by atoms with Crippen molar-refractivity contribution in [1.29, 1.82) is 0 Å². The van der Waals surface area contributed by atoms with Gasteiger partial charge in [0, 0.05) is 30.8 Å². The summed E-state index contributed by atoms with van der Waals surface area (Å²) in [6, 6.07) is 8.78. The number of fused-ring (bicyclic) bond motifs is 3. The Bertz CT molecular complexity index is 806. The summed E-state index contributed by atoms with van der Waals surface area (Å²) in [5.41, 5.74) is 5.07. The van der Waals surface area contributed by atoms with Gasteiger partial charge in [-0.05, 0) is 36.8 Å². The molecule has 0 radical (unpaired) electrons. The molecule has 1 fully saturated rings. The highest BCUT2D eigenvalue weighted by atomic mass is 16.2. The summed E-state index contributed by atoms with van der Waals surface area (Å²) in [7, 11) is 0. The van der Waals surface area contributed by atoms with E-state index in [9.17, 15) is 4.79 Å². The van der Waals surface area contributed by atoms with Crippen LogP contribution in [0.2, 0.25) is 0 Å². The van der Waals surface area contributed by atoms with E-state index in [0.29, 0.717) is 5.91 Å². The second-order valence-electron chi connectivity index (χ2n) is 8.00. The molecular weight excluding hydrogens is 312 g/mol. The SMILES string of the molecule is O=C(C1CCc2n[nH]nc2C1)N1Cc2ccccc2C2(CCCC2)C1. The molecule has 1 aromatic heterocycles. The number of rotatable bonds is 1. The standard InChI is InChI=1S/C20H24N4O/c25-19(14-7-8-17-18(11-14)22-23-21-17)24-12-15-5-1-2-6-16(15)20(13-24)9-3-4-10-20/h1-2,5-6,14H,3-4,7-13H2,(H,21,22,23). The molecule has 5 nitrogen and oxygen atoms in total. The molecule has 1 unspecified atom stereocenters. The number of carbonyl (C=O) groups excluding carboxylic acids is 1. The number of H-pyrrole nitrogens is 1. The minimum atomic E-state index is 0.0568. The summed E-state index contributed by atoms with van der Waals surface area (Å²) in [6.07, 6.45) is 7.47. The van der Waals surface area contributed by atoms with Crippen LogP contribution in [0.15, 0.2) is 24.3 Å². The fourth-order valence-corrected chi connectivity index (χ4v) is 5.28. The first-order valence-electron chi connectivity index (χ1n) is 9.51. The van der Waals surface area contributed by atoms with Gasteiger partial charge in [-0.2, -0.15) is 15.4 Å². The molecule has 1 aromatic carbocycles. The molecule has 2 aliphatic carbocycles. The minimum Gasteiger partial charge on any atom is -0.337 e. The molecule has 1 atom stereocenters. The van der Waals surface area contributed by atoms with E-state index in [1.165, 1.54) is 36.8 Å². The van der Waals surface area contributed by atoms with Crippen LogP contribution in [0, 0.1) is 5.92 Å². The number of benzene rings is 1. The van der Waals surface area contributed by atoms with Crippen LogP contribution in [0.1, 0.15) is 54.6 Å². The number of aromatic amines is 1. The van der Waals surface area contributed by atoms with Gasteiger partial charge in [0.15, 0.2) is 0 Å². The molecule has 0 bridgehead atoms. The molecular formula is C20H24N4O. The van der Waals surface area contributed by atoms with Crippen molar-refractivity contribution in [3.8, 4) is 0 Å². The lowest BCUT2D eigenvalue weighted by Gasteiger charge is -2.43. The zero-order chi connectivity index (χ0) is 16.9. The van der Waals surface area contributed by atoms with E-state index in [1.807, 2.05) is 0 Å². The topological polar surface area (TPSA) is 61.9 Å². The number of aromatic nitrogens is 3. The fraction of sp³-hybridized carbons (Fsp3) is 0.550. The van der Waals surface area contributed by atoms with Crippen molar-refractivity contribution < 1.29 is 4.79 Å². The van der Waals surface area contributed by atoms with E-state index >= 15 is 0 Å². The van der Waals surface area contributed by atoms with Crippen LogP contribution in [0.5, 0.6) is 0 Å². The van der Waals surface area contributed by atoms with Gasteiger partial charge in [0.2, 0.25) is 5.91 Å². The molecule has 2 aromatic rings. The number of nitrogens with zero attached hydrogens (tertiary/aromatic N) is 3. The Morgan fingerprint density at radius 2 is 1.96 bits per heavy atom. The maximum Gasteiger partial charge on any atom is 0.226 e. The van der Waals surface area contributed by atoms with Crippen molar-refractivity contribution in [2.45, 2.75) is 56.9 Å². The van der Waals surface area contributed by atoms with E-state index in [-0.39, 0.29) is 11.3 Å². The van der Waals surface area contributed by atoms with Gasteiger partial charge in [0.05, 0.1) is 11.4 Å². The molecule has 3 aliphatic rings.